The summed E-state index contributed by atoms with van der Waals surface area (Å²) in [6, 6.07) is 5.01. The molecule has 142 valence electrons. The van der Waals surface area contributed by atoms with E-state index in [-0.39, 0.29) is 16.6 Å². The number of benzene rings is 1. The van der Waals surface area contributed by atoms with Gasteiger partial charge in [0.1, 0.15) is 0 Å². The van der Waals surface area contributed by atoms with Crippen LogP contribution in [0.15, 0.2) is 28.3 Å². The van der Waals surface area contributed by atoms with Gasteiger partial charge in [0.05, 0.1) is 34.9 Å². The summed E-state index contributed by atoms with van der Waals surface area (Å²) in [7, 11) is -1.97. The first-order valence-corrected chi connectivity index (χ1v) is 10.8. The number of hydrogen-bond acceptors (Lipinski definition) is 6. The third kappa shape index (κ3) is 3.73. The summed E-state index contributed by atoms with van der Waals surface area (Å²) < 4.78 is 34.3. The van der Waals surface area contributed by atoms with Crippen LogP contribution in [-0.2, 0) is 26.1 Å². The number of fused-ring (bicyclic) bond motifs is 1. The van der Waals surface area contributed by atoms with E-state index < -0.39 is 10.0 Å². The van der Waals surface area contributed by atoms with Crippen molar-refractivity contribution < 1.29 is 17.9 Å². The van der Waals surface area contributed by atoms with Crippen molar-refractivity contribution in [3.8, 4) is 0 Å². The molecule has 0 unspecified atom stereocenters. The highest BCUT2D eigenvalue weighted by Gasteiger charge is 2.27. The zero-order valence-electron chi connectivity index (χ0n) is 14.8. The van der Waals surface area contributed by atoms with Crippen LogP contribution in [0.5, 0.6) is 0 Å². The number of thioether (sulfide) groups is 1. The first-order valence-electron chi connectivity index (χ1n) is 8.39. The molecule has 10 heteroatoms. The number of nitrogens with zero attached hydrogens (tertiary/aromatic N) is 3. The molecule has 26 heavy (non-hydrogen) atoms. The average molecular weight is 399 g/mol. The fourth-order valence-corrected chi connectivity index (χ4v) is 5.18. The number of amides is 1. The lowest BCUT2D eigenvalue weighted by molar-refractivity contribution is -0.118. The fraction of sp³-hybridized carbons (Fsp3) is 0.500. The molecule has 1 aliphatic rings. The average Bonchev–Trinajstić information content (AvgIpc) is 3.03. The Bertz CT molecular complexity index is 904. The molecule has 0 saturated carbocycles. The maximum atomic E-state index is 12.8. The van der Waals surface area contributed by atoms with Crippen LogP contribution in [0, 0.1) is 0 Å². The second-order valence-corrected chi connectivity index (χ2v) is 8.65. The molecule has 2 aromatic rings. The van der Waals surface area contributed by atoms with Crippen molar-refractivity contribution in [2.75, 3.05) is 39.1 Å². The Kier molecular flexibility index (Phi) is 5.86. The predicted molar refractivity (Wildman–Crippen MR) is 99.8 cm³/mol. The van der Waals surface area contributed by atoms with Gasteiger partial charge in [-0.15, -0.1) is 0 Å². The summed E-state index contributed by atoms with van der Waals surface area (Å²) in [4.78, 5) is 16.3. The van der Waals surface area contributed by atoms with Crippen molar-refractivity contribution in [1.29, 1.82) is 0 Å². The molecule has 3 rings (SSSR count). The van der Waals surface area contributed by atoms with Crippen LogP contribution in [-0.4, -0.2) is 67.3 Å². The van der Waals surface area contributed by atoms with Gasteiger partial charge in [-0.05, 0) is 25.1 Å². The SMILES string of the molecule is CCn1c(SCC(=O)NC)nc2cc(S(=O)(=O)N3CCOCC3)ccc21. The third-order valence-corrected chi connectivity index (χ3v) is 7.09. The van der Waals surface area contributed by atoms with Gasteiger partial charge in [-0.3, -0.25) is 4.79 Å². The monoisotopic (exact) mass is 398 g/mol. The standard InChI is InChI=1S/C16H22N4O4S2/c1-3-20-14-5-4-12(26(22,23)19-6-8-24-9-7-19)10-13(14)18-16(20)25-11-15(21)17-2/h4-5,10H,3,6-9,11H2,1-2H3,(H,17,21). The van der Waals surface area contributed by atoms with Crippen LogP contribution < -0.4 is 5.32 Å². The van der Waals surface area contributed by atoms with Crippen LogP contribution in [0.2, 0.25) is 0 Å². The van der Waals surface area contributed by atoms with E-state index in [1.165, 1.54) is 16.1 Å². The molecule has 1 amide bonds. The largest absolute Gasteiger partial charge is 0.379 e. The molecule has 0 aliphatic carbocycles. The highest BCUT2D eigenvalue weighted by Crippen LogP contribution is 2.27. The number of nitrogens with one attached hydrogen (secondary N) is 1. The van der Waals surface area contributed by atoms with Gasteiger partial charge in [0.2, 0.25) is 15.9 Å². The summed E-state index contributed by atoms with van der Waals surface area (Å²) >= 11 is 1.33. The normalized spacial score (nSPS) is 16.1. The van der Waals surface area contributed by atoms with E-state index in [9.17, 15) is 13.2 Å². The van der Waals surface area contributed by atoms with Gasteiger partial charge in [-0.2, -0.15) is 4.31 Å². The van der Waals surface area contributed by atoms with E-state index in [4.69, 9.17) is 4.74 Å². The van der Waals surface area contributed by atoms with E-state index in [0.717, 1.165) is 5.52 Å². The number of carbonyl (C=O) groups excluding carboxylic acids is 1. The van der Waals surface area contributed by atoms with Gasteiger partial charge in [-0.25, -0.2) is 13.4 Å². The molecule has 1 aromatic heterocycles. The van der Waals surface area contributed by atoms with Gasteiger partial charge in [0.15, 0.2) is 5.16 Å². The molecule has 0 radical (unpaired) electrons. The fourth-order valence-electron chi connectivity index (χ4n) is 2.80. The first-order chi connectivity index (χ1) is 12.5. The lowest BCUT2D eigenvalue weighted by Gasteiger charge is -2.26. The number of ether oxygens (including phenoxy) is 1. The Labute approximate surface area is 156 Å². The van der Waals surface area contributed by atoms with Crippen LogP contribution in [0.25, 0.3) is 11.0 Å². The highest BCUT2D eigenvalue weighted by atomic mass is 32.2. The Morgan fingerprint density at radius 2 is 2.08 bits per heavy atom. The summed E-state index contributed by atoms with van der Waals surface area (Å²) in [5.41, 5.74) is 1.47. The molecular weight excluding hydrogens is 376 g/mol. The lowest BCUT2D eigenvalue weighted by atomic mass is 10.3. The molecule has 0 atom stereocenters. The summed E-state index contributed by atoms with van der Waals surface area (Å²) in [6.45, 7) is 4.21. The number of morpholine rings is 1. The molecule has 1 aromatic carbocycles. The van der Waals surface area contributed by atoms with E-state index in [1.807, 2.05) is 11.5 Å². The van der Waals surface area contributed by atoms with Gasteiger partial charge >= 0.3 is 0 Å². The van der Waals surface area contributed by atoms with E-state index in [1.54, 1.807) is 25.2 Å². The van der Waals surface area contributed by atoms with E-state index in [2.05, 4.69) is 10.3 Å². The Hall–Kier alpha value is -1.62. The minimum Gasteiger partial charge on any atom is -0.379 e. The smallest absolute Gasteiger partial charge is 0.243 e. The molecule has 1 N–H and O–H groups in total. The Morgan fingerprint density at radius 3 is 2.73 bits per heavy atom. The lowest BCUT2D eigenvalue weighted by Crippen LogP contribution is -2.40. The van der Waals surface area contributed by atoms with Gasteiger partial charge in [0, 0.05) is 26.7 Å². The van der Waals surface area contributed by atoms with Crippen molar-refractivity contribution in [2.24, 2.45) is 0 Å². The number of hydrogen-bond donors (Lipinski definition) is 1. The minimum atomic E-state index is -3.56. The molecule has 1 aliphatic heterocycles. The zero-order valence-corrected chi connectivity index (χ0v) is 16.4. The number of sulfonamides is 1. The highest BCUT2D eigenvalue weighted by molar-refractivity contribution is 7.99. The second-order valence-electron chi connectivity index (χ2n) is 5.77. The number of imidazole rings is 1. The van der Waals surface area contributed by atoms with Crippen molar-refractivity contribution in [1.82, 2.24) is 19.2 Å². The van der Waals surface area contributed by atoms with Crippen molar-refractivity contribution in [2.45, 2.75) is 23.5 Å². The zero-order chi connectivity index (χ0) is 18.7. The quantitative estimate of drug-likeness (QED) is 0.727. The Balaban J connectivity index is 1.94. The van der Waals surface area contributed by atoms with Crippen molar-refractivity contribution >= 4 is 38.7 Å². The maximum absolute atomic E-state index is 12.8. The van der Waals surface area contributed by atoms with Crippen LogP contribution in [0.3, 0.4) is 0 Å². The van der Waals surface area contributed by atoms with Crippen LogP contribution in [0.4, 0.5) is 0 Å². The molecule has 0 spiro atoms. The predicted octanol–water partition coefficient (Wildman–Crippen LogP) is 0.915. The Morgan fingerprint density at radius 1 is 1.35 bits per heavy atom. The van der Waals surface area contributed by atoms with Crippen molar-refractivity contribution in [3.05, 3.63) is 18.2 Å². The maximum Gasteiger partial charge on any atom is 0.243 e. The van der Waals surface area contributed by atoms with E-state index >= 15 is 0 Å². The summed E-state index contributed by atoms with van der Waals surface area (Å²) in [5.74, 6) is 0.180. The first kappa shape index (κ1) is 19.2. The number of rotatable bonds is 6. The summed E-state index contributed by atoms with van der Waals surface area (Å²) in [5, 5.41) is 3.28. The molecule has 1 fully saturated rings. The van der Waals surface area contributed by atoms with Gasteiger partial charge in [0.25, 0.3) is 0 Å². The van der Waals surface area contributed by atoms with E-state index in [0.29, 0.717) is 43.5 Å². The van der Waals surface area contributed by atoms with Gasteiger partial charge in [-0.1, -0.05) is 11.8 Å². The third-order valence-electron chi connectivity index (χ3n) is 4.22. The second kappa shape index (κ2) is 7.95. The van der Waals surface area contributed by atoms with Gasteiger partial charge < -0.3 is 14.6 Å². The number of aromatic nitrogens is 2. The number of aryl methyl sites for hydroxylation is 1. The molecule has 8 nitrogen and oxygen atoms in total. The molecule has 1 saturated heterocycles. The van der Waals surface area contributed by atoms with Crippen LogP contribution in [0.1, 0.15) is 6.92 Å². The van der Waals surface area contributed by atoms with Crippen LogP contribution >= 0.6 is 11.8 Å². The minimum absolute atomic E-state index is 0.0831. The molecular formula is C16H22N4O4S2. The van der Waals surface area contributed by atoms with Crippen molar-refractivity contribution in [3.63, 3.8) is 0 Å². The number of carbonyl (C=O) groups is 1. The topological polar surface area (TPSA) is 93.5 Å². The molecule has 2 heterocycles. The summed E-state index contributed by atoms with van der Waals surface area (Å²) in [6.07, 6.45) is 0. The molecule has 0 bridgehead atoms.